The molecular weight excluding hydrogens is 1290 g/mol. The maximum atomic E-state index is 12.3. The van der Waals surface area contributed by atoms with E-state index in [1.165, 1.54) is 0 Å². The molecule has 0 saturated carbocycles. The van der Waals surface area contributed by atoms with Crippen LogP contribution in [0.25, 0.3) is 0 Å². The number of fused-ring (bicyclic) bond motifs is 6. The Morgan fingerprint density at radius 1 is 0.333 bits per heavy atom. The molecule has 0 aromatic rings. The van der Waals surface area contributed by atoms with Gasteiger partial charge in [0, 0.05) is 0 Å². The molecule has 0 aromatic heterocycles. The van der Waals surface area contributed by atoms with Crippen LogP contribution in [-0.4, -0.2) is 327 Å². The van der Waals surface area contributed by atoms with Crippen molar-refractivity contribution >= 4 is 41.6 Å². The molecule has 0 radical (unpaired) electrons. The molecule has 6 bridgehead atoms. The molecule has 48 heteroatoms. The summed E-state index contributed by atoms with van der Waals surface area (Å²) in [6.07, 6.45) is -59.8. The van der Waals surface area contributed by atoms with Gasteiger partial charge in [-0.1, -0.05) is 0 Å². The van der Waals surface area contributed by atoms with Crippen molar-refractivity contribution in [3.63, 3.8) is 0 Å². The Kier molecular flexibility index (Phi) is 28.4. The van der Waals surface area contributed by atoms with Gasteiger partial charge in [0.25, 0.3) is 0 Å². The van der Waals surface area contributed by atoms with Gasteiger partial charge in [-0.05, 0) is 0 Å². The number of rotatable bonds is 21. The molecule has 9 aliphatic rings. The molecule has 0 amide bonds. The van der Waals surface area contributed by atoms with Gasteiger partial charge in [0.2, 0.25) is 41.6 Å². The van der Waals surface area contributed by atoms with Gasteiger partial charge < -0.3 is 136 Å². The van der Waals surface area contributed by atoms with Gasteiger partial charge in [0.1, 0.15) is 140 Å². The van der Waals surface area contributed by atoms with Crippen LogP contribution in [0.3, 0.4) is 0 Å². The first-order chi connectivity index (χ1) is 37.4. The fraction of sp³-hybridized carbons (Fsp3) is 1.00. The van der Waals surface area contributed by atoms with Gasteiger partial charge in [0.05, 0.1) is 39.6 Å². The topological polar surface area (TPSA) is 597 Å². The minimum Gasteiger partial charge on any atom is -0.726 e. The summed E-state index contributed by atoms with van der Waals surface area (Å²) in [6, 6.07) is 0. The summed E-state index contributed by atoms with van der Waals surface area (Å²) in [6.45, 7) is -5.10. The summed E-state index contributed by atoms with van der Waals surface area (Å²) < 4.78 is 240. The molecule has 30 atom stereocenters. The van der Waals surface area contributed by atoms with E-state index >= 15 is 0 Å². The van der Waals surface area contributed by atoms with Crippen LogP contribution in [-0.2, 0) is 125 Å². The predicted octanol–water partition coefficient (Wildman–Crippen LogP) is -25.0. The van der Waals surface area contributed by atoms with Gasteiger partial charge in [-0.25, -0.2) is 33.7 Å². The summed E-state index contributed by atoms with van der Waals surface area (Å²) in [5, 5.41) is 107. The summed E-state index contributed by atoms with van der Waals surface area (Å²) in [5.74, 6) is 0. The van der Waals surface area contributed by atoms with Crippen LogP contribution in [0.5, 0.6) is 0 Å². The minimum absolute atomic E-state index is 0. The Balaban J connectivity index is 0.00000323. The Morgan fingerprint density at radius 3 is 1.08 bits per heavy atom. The van der Waals surface area contributed by atoms with Gasteiger partial charge in [-0.2, -0.15) is 0 Å². The number of aliphatic hydroxyl groups is 10. The Morgan fingerprint density at radius 2 is 0.643 bits per heavy atom. The first kappa shape index (κ1) is 77.2. The normalized spacial score (nSPS) is 46.7. The molecular formula is C36H52Na4O40S4. The summed E-state index contributed by atoms with van der Waals surface area (Å²) in [5.41, 5.74) is 0. The van der Waals surface area contributed by atoms with Crippen LogP contribution in [0.4, 0.5) is 0 Å². The number of hydrogen-bond acceptors (Lipinski definition) is 40. The van der Waals surface area contributed by atoms with E-state index in [2.05, 4.69) is 12.5 Å². The molecule has 9 fully saturated rings. The molecule has 0 aliphatic carbocycles. The van der Waals surface area contributed by atoms with Gasteiger partial charge in [0.15, 0.2) is 43.8 Å². The van der Waals surface area contributed by atoms with Crippen molar-refractivity contribution in [3.05, 3.63) is 0 Å². The third kappa shape index (κ3) is 17.5. The second-order valence-electron chi connectivity index (χ2n) is 19.0. The molecule has 0 aromatic carbocycles. The Labute approximate surface area is 563 Å². The van der Waals surface area contributed by atoms with E-state index in [9.17, 15) is 103 Å². The molecule has 464 valence electrons. The smallest absolute Gasteiger partial charge is 0.726 e. The zero-order chi connectivity index (χ0) is 58.3. The number of hydrogen-bond donors (Lipinski definition) is 10. The average Bonchev–Trinajstić information content (AvgIpc) is 3.97. The third-order valence-electron chi connectivity index (χ3n) is 14.0. The second kappa shape index (κ2) is 30.9. The molecule has 9 saturated heterocycles. The average molecular weight is 1350 g/mol. The van der Waals surface area contributed by atoms with Crippen LogP contribution in [0, 0.1) is 0 Å². The van der Waals surface area contributed by atoms with Gasteiger partial charge in [-0.15, -0.1) is 0 Å². The fourth-order valence-electron chi connectivity index (χ4n) is 10.5. The standard InChI is InChI=1S/C36H56O40S4.4Na/c37-1-7-21(73-77(47,48)49)26(14(41)31(46)62-7)70-33-16(43)25-19(11(66-33)5-60-25)68-34-18(45)28(23(9(3-39)63-34)75-79(53,54)55)72-36-30(76-80(56,57)58)29-20(12(67-36)6-61-29)69-35-17(44)27(22(8(2-38)64-35)74-78(50,51)52)71-32-15(42)24-13(40)10(65-32)4-59-24;;;;/h7-46H,1-6H2,(H,47,48,49)(H,50,51,52)(H,53,54,55)(H,56,57,58);;;;/q;4*+1/p-4/t7-,8-,9-,10-,11-,12-,13+,14-,15-,16-,17-,18-,19+,20+,21+,22+,23+,24+,25-,26-,27-,28-,29+,30-,31?,32-,33-,34+,35+,36-;;;;/m1..../s1. The zero-order valence-electron chi connectivity index (χ0n) is 43.9. The van der Waals surface area contributed by atoms with Gasteiger partial charge >= 0.3 is 118 Å². The molecule has 9 heterocycles. The van der Waals surface area contributed by atoms with Crippen molar-refractivity contribution in [3.8, 4) is 0 Å². The fourth-order valence-corrected chi connectivity index (χ4v) is 12.5. The number of aliphatic hydroxyl groups excluding tert-OH is 10. The van der Waals surface area contributed by atoms with E-state index in [1.807, 2.05) is 0 Å². The van der Waals surface area contributed by atoms with Crippen LogP contribution >= 0.6 is 0 Å². The first-order valence-electron chi connectivity index (χ1n) is 23.6. The molecule has 10 N–H and O–H groups in total. The molecule has 9 aliphatic heterocycles. The summed E-state index contributed by atoms with van der Waals surface area (Å²) in [7, 11) is -23.2. The molecule has 0 spiro atoms. The molecule has 9 rings (SSSR count). The largest absolute Gasteiger partial charge is 1.00 e. The maximum absolute atomic E-state index is 12.3. The van der Waals surface area contributed by atoms with Crippen molar-refractivity contribution in [1.82, 2.24) is 0 Å². The van der Waals surface area contributed by atoms with Crippen molar-refractivity contribution in [2.24, 2.45) is 0 Å². The van der Waals surface area contributed by atoms with Crippen molar-refractivity contribution < 1.29 is 304 Å². The predicted molar refractivity (Wildman–Crippen MR) is 223 cm³/mol. The van der Waals surface area contributed by atoms with E-state index in [-0.39, 0.29) is 125 Å². The quantitative estimate of drug-likeness (QED) is 0.0290. The van der Waals surface area contributed by atoms with Crippen molar-refractivity contribution in [1.29, 1.82) is 0 Å². The Hall–Kier alpha value is 2.52. The van der Waals surface area contributed by atoms with Crippen LogP contribution in [0.1, 0.15) is 0 Å². The second-order valence-corrected chi connectivity index (χ2v) is 23.1. The number of ether oxygens (including phenoxy) is 14. The third-order valence-corrected chi connectivity index (χ3v) is 15.8. The molecule has 84 heavy (non-hydrogen) atoms. The van der Waals surface area contributed by atoms with E-state index in [0.29, 0.717) is 0 Å². The monoisotopic (exact) mass is 1340 g/mol. The van der Waals surface area contributed by atoms with Crippen molar-refractivity contribution in [2.75, 3.05) is 39.6 Å². The van der Waals surface area contributed by atoms with Crippen molar-refractivity contribution in [2.45, 2.75) is 184 Å². The molecule has 1 unspecified atom stereocenters. The molecule has 40 nitrogen and oxygen atoms in total. The van der Waals surface area contributed by atoms with Crippen LogP contribution < -0.4 is 118 Å². The van der Waals surface area contributed by atoms with E-state index in [1.54, 1.807) is 0 Å². The first-order valence-corrected chi connectivity index (χ1v) is 28.9. The summed E-state index contributed by atoms with van der Waals surface area (Å²) in [4.78, 5) is 0. The Bertz CT molecular complexity index is 2610. The minimum atomic E-state index is -5.94. The van der Waals surface area contributed by atoms with Gasteiger partial charge in [-0.3, -0.25) is 16.7 Å². The van der Waals surface area contributed by atoms with E-state index < -0.39 is 259 Å². The zero-order valence-corrected chi connectivity index (χ0v) is 55.2. The van der Waals surface area contributed by atoms with Crippen LogP contribution in [0.2, 0.25) is 0 Å². The maximum Gasteiger partial charge on any atom is 1.00 e. The summed E-state index contributed by atoms with van der Waals surface area (Å²) >= 11 is 0. The van der Waals surface area contributed by atoms with E-state index in [0.717, 1.165) is 0 Å². The SMILES string of the molecule is O=S(=O)([O-])O[C@@H]1[C@H](O[C@H]2O[C@@H]3CO[C@@H]([C@H]3O)[C@H]2O)[C@@H](O)[C@H](O[C@@H]2[C@@H]3OC[C@H]2O[C@H](O[C@@H]2[C@@H](O)[C@H](O[C@@H]4[C@@H]5OC[C@H]4O[C@H](O[C@H]4[C@@H](OS(=O)(=O)[O-])[C@@H](CO)OC(O)[C@@H]4O)[C@@H]5O)O[C@H](CO)[C@@H]2OS(=O)(=O)[O-])[C@@H]3OS(=O)(=O)[O-])O[C@@H]1CO.[Na+].[Na+].[Na+].[Na+]. The van der Waals surface area contributed by atoms with E-state index in [4.69, 9.17) is 70.5 Å². The van der Waals surface area contributed by atoms with Crippen LogP contribution in [0.15, 0.2) is 0 Å².